The largest absolute Gasteiger partial charge is 0.467 e. The molecule has 1 aromatic carbocycles. The fourth-order valence-corrected chi connectivity index (χ4v) is 1.54. The van der Waals surface area contributed by atoms with Gasteiger partial charge in [0.2, 0.25) is 0 Å². The molecule has 3 heteroatoms. The predicted molar refractivity (Wildman–Crippen MR) is 62.0 cm³/mol. The van der Waals surface area contributed by atoms with E-state index >= 15 is 0 Å². The van der Waals surface area contributed by atoms with Crippen molar-refractivity contribution in [2.75, 3.05) is 11.9 Å². The van der Waals surface area contributed by atoms with Crippen LogP contribution in [0.1, 0.15) is 11.3 Å². The van der Waals surface area contributed by atoms with Crippen molar-refractivity contribution in [2.24, 2.45) is 0 Å². The van der Waals surface area contributed by atoms with Gasteiger partial charge in [-0.05, 0) is 30.3 Å². The summed E-state index contributed by atoms with van der Waals surface area (Å²) < 4.78 is 5.28. The average molecular weight is 212 g/mol. The van der Waals surface area contributed by atoms with Gasteiger partial charge in [-0.1, -0.05) is 6.07 Å². The number of anilines is 1. The normalized spacial score (nSPS) is 9.75. The van der Waals surface area contributed by atoms with Gasteiger partial charge in [0.1, 0.15) is 5.76 Å². The van der Waals surface area contributed by atoms with Crippen LogP contribution in [-0.2, 0) is 6.54 Å². The van der Waals surface area contributed by atoms with Crippen molar-refractivity contribution < 1.29 is 4.42 Å². The molecule has 2 rings (SSSR count). The predicted octanol–water partition coefficient (Wildman–Crippen LogP) is 2.79. The maximum absolute atomic E-state index is 8.81. The van der Waals surface area contributed by atoms with Gasteiger partial charge in [-0.15, -0.1) is 0 Å². The highest BCUT2D eigenvalue weighted by Crippen LogP contribution is 2.16. The van der Waals surface area contributed by atoms with Crippen LogP contribution >= 0.6 is 0 Å². The summed E-state index contributed by atoms with van der Waals surface area (Å²) in [7, 11) is 1.97. The Morgan fingerprint density at radius 1 is 1.31 bits per heavy atom. The van der Waals surface area contributed by atoms with Crippen LogP contribution in [0.15, 0.2) is 47.1 Å². The number of hydrogen-bond acceptors (Lipinski definition) is 3. The van der Waals surface area contributed by atoms with Crippen molar-refractivity contribution in [2.45, 2.75) is 6.54 Å². The molecule has 16 heavy (non-hydrogen) atoms. The molecule has 0 aliphatic carbocycles. The van der Waals surface area contributed by atoms with Crippen LogP contribution in [-0.4, -0.2) is 7.05 Å². The SMILES string of the molecule is CN(Cc1ccco1)c1cccc(C#N)c1. The van der Waals surface area contributed by atoms with Crippen molar-refractivity contribution in [3.8, 4) is 6.07 Å². The molecule has 0 amide bonds. The van der Waals surface area contributed by atoms with Gasteiger partial charge in [-0.25, -0.2) is 0 Å². The lowest BCUT2D eigenvalue weighted by atomic mass is 10.2. The van der Waals surface area contributed by atoms with Crippen LogP contribution in [0.25, 0.3) is 0 Å². The van der Waals surface area contributed by atoms with Gasteiger partial charge in [0.15, 0.2) is 0 Å². The van der Waals surface area contributed by atoms with Gasteiger partial charge in [-0.2, -0.15) is 5.26 Å². The van der Waals surface area contributed by atoms with E-state index in [1.54, 1.807) is 12.3 Å². The quantitative estimate of drug-likeness (QED) is 0.785. The van der Waals surface area contributed by atoms with E-state index in [2.05, 4.69) is 6.07 Å². The topological polar surface area (TPSA) is 40.2 Å². The van der Waals surface area contributed by atoms with Gasteiger partial charge in [-0.3, -0.25) is 0 Å². The van der Waals surface area contributed by atoms with E-state index in [0.717, 1.165) is 11.4 Å². The Balaban J connectivity index is 2.15. The van der Waals surface area contributed by atoms with Crippen molar-refractivity contribution in [1.29, 1.82) is 5.26 Å². The summed E-state index contributed by atoms with van der Waals surface area (Å²) in [4.78, 5) is 2.04. The monoisotopic (exact) mass is 212 g/mol. The van der Waals surface area contributed by atoms with Gasteiger partial charge < -0.3 is 9.32 Å². The Labute approximate surface area is 94.5 Å². The van der Waals surface area contributed by atoms with Crippen LogP contribution in [0.4, 0.5) is 5.69 Å². The lowest BCUT2D eigenvalue weighted by molar-refractivity contribution is 0.507. The standard InChI is InChI=1S/C13H12N2O/c1-15(10-13-6-3-7-16-13)12-5-2-4-11(8-12)9-14/h2-8H,10H2,1H3. The minimum atomic E-state index is 0.670. The highest BCUT2D eigenvalue weighted by Gasteiger charge is 2.04. The van der Waals surface area contributed by atoms with Crippen molar-refractivity contribution in [1.82, 2.24) is 0 Å². The molecule has 0 atom stereocenters. The first-order valence-corrected chi connectivity index (χ1v) is 5.03. The number of nitriles is 1. The summed E-state index contributed by atoms with van der Waals surface area (Å²) in [6, 6.07) is 13.5. The van der Waals surface area contributed by atoms with E-state index < -0.39 is 0 Å². The third-order valence-corrected chi connectivity index (χ3v) is 2.39. The van der Waals surface area contributed by atoms with Crippen LogP contribution < -0.4 is 4.90 Å². The summed E-state index contributed by atoms with van der Waals surface area (Å²) in [6.45, 7) is 0.696. The van der Waals surface area contributed by atoms with Crippen molar-refractivity contribution >= 4 is 5.69 Å². The van der Waals surface area contributed by atoms with Crippen LogP contribution in [0.2, 0.25) is 0 Å². The Hall–Kier alpha value is -2.21. The van der Waals surface area contributed by atoms with E-state index in [1.165, 1.54) is 0 Å². The van der Waals surface area contributed by atoms with E-state index in [0.29, 0.717) is 12.1 Å². The third-order valence-electron chi connectivity index (χ3n) is 2.39. The molecule has 1 aromatic heterocycles. The fourth-order valence-electron chi connectivity index (χ4n) is 1.54. The summed E-state index contributed by atoms with van der Waals surface area (Å²) >= 11 is 0. The number of hydrogen-bond donors (Lipinski definition) is 0. The lowest BCUT2D eigenvalue weighted by Crippen LogP contribution is -2.15. The molecule has 0 spiro atoms. The Morgan fingerprint density at radius 2 is 2.19 bits per heavy atom. The molecule has 80 valence electrons. The van der Waals surface area contributed by atoms with E-state index in [-0.39, 0.29) is 0 Å². The zero-order chi connectivity index (χ0) is 11.4. The summed E-state index contributed by atoms with van der Waals surface area (Å²) in [5, 5.41) is 8.81. The maximum atomic E-state index is 8.81. The molecular formula is C13H12N2O. The highest BCUT2D eigenvalue weighted by molar-refractivity contribution is 5.50. The van der Waals surface area contributed by atoms with Crippen LogP contribution in [0.3, 0.4) is 0 Å². The zero-order valence-corrected chi connectivity index (χ0v) is 9.05. The van der Waals surface area contributed by atoms with Crippen LogP contribution in [0, 0.1) is 11.3 Å². The van der Waals surface area contributed by atoms with Gasteiger partial charge in [0.25, 0.3) is 0 Å². The second kappa shape index (κ2) is 4.54. The number of rotatable bonds is 3. The molecule has 0 N–H and O–H groups in total. The molecule has 0 unspecified atom stereocenters. The molecule has 0 aliphatic heterocycles. The Kier molecular flexibility index (Phi) is 2.93. The average Bonchev–Trinajstić information content (AvgIpc) is 2.82. The molecule has 0 radical (unpaired) electrons. The third kappa shape index (κ3) is 2.23. The van der Waals surface area contributed by atoms with Crippen LogP contribution in [0.5, 0.6) is 0 Å². The van der Waals surface area contributed by atoms with Gasteiger partial charge >= 0.3 is 0 Å². The molecule has 0 aliphatic rings. The second-order valence-corrected chi connectivity index (χ2v) is 3.60. The Bertz CT molecular complexity index is 497. The first-order valence-electron chi connectivity index (χ1n) is 5.03. The first-order chi connectivity index (χ1) is 7.79. The van der Waals surface area contributed by atoms with Gasteiger partial charge in [0, 0.05) is 12.7 Å². The molecule has 0 fully saturated rings. The van der Waals surface area contributed by atoms with E-state index in [9.17, 15) is 0 Å². The summed E-state index contributed by atoms with van der Waals surface area (Å²) in [5.41, 5.74) is 1.68. The lowest BCUT2D eigenvalue weighted by Gasteiger charge is -2.17. The van der Waals surface area contributed by atoms with E-state index in [1.807, 2.05) is 42.3 Å². The number of benzene rings is 1. The minimum absolute atomic E-state index is 0.670. The molecular weight excluding hydrogens is 200 g/mol. The highest BCUT2D eigenvalue weighted by atomic mass is 16.3. The minimum Gasteiger partial charge on any atom is -0.467 e. The Morgan fingerprint density at radius 3 is 2.88 bits per heavy atom. The number of furan rings is 1. The first kappa shape index (κ1) is 10.3. The van der Waals surface area contributed by atoms with Crippen molar-refractivity contribution in [3.05, 3.63) is 54.0 Å². The fraction of sp³-hybridized carbons (Fsp3) is 0.154. The second-order valence-electron chi connectivity index (χ2n) is 3.60. The van der Waals surface area contributed by atoms with Crippen molar-refractivity contribution in [3.63, 3.8) is 0 Å². The molecule has 0 saturated carbocycles. The molecule has 2 aromatic rings. The molecule has 0 saturated heterocycles. The summed E-state index contributed by atoms with van der Waals surface area (Å²) in [5.74, 6) is 0.907. The number of nitrogens with zero attached hydrogens (tertiary/aromatic N) is 2. The maximum Gasteiger partial charge on any atom is 0.123 e. The van der Waals surface area contributed by atoms with Gasteiger partial charge in [0.05, 0.1) is 24.4 Å². The van der Waals surface area contributed by atoms with E-state index in [4.69, 9.17) is 9.68 Å². The molecule has 3 nitrogen and oxygen atoms in total. The smallest absolute Gasteiger partial charge is 0.123 e. The summed E-state index contributed by atoms with van der Waals surface area (Å²) in [6.07, 6.45) is 1.66. The molecule has 1 heterocycles. The zero-order valence-electron chi connectivity index (χ0n) is 9.05. The molecule has 0 bridgehead atoms.